The fourth-order valence-electron chi connectivity index (χ4n) is 1.56. The molecule has 0 bridgehead atoms. The molecule has 0 aliphatic carbocycles. The summed E-state index contributed by atoms with van der Waals surface area (Å²) < 4.78 is 5.55. The number of unbranched alkanes of at least 4 members (excludes halogenated alkanes) is 1. The van der Waals surface area contributed by atoms with E-state index in [1.807, 2.05) is 0 Å². The van der Waals surface area contributed by atoms with Crippen molar-refractivity contribution < 1.29 is 9.22 Å². The van der Waals surface area contributed by atoms with Crippen molar-refractivity contribution in [3.63, 3.8) is 0 Å². The van der Waals surface area contributed by atoms with Gasteiger partial charge in [0.25, 0.3) is 5.97 Å². The maximum atomic E-state index is 11.9. The summed E-state index contributed by atoms with van der Waals surface area (Å²) in [7, 11) is -1.70. The van der Waals surface area contributed by atoms with E-state index in [0.29, 0.717) is 0 Å². The van der Waals surface area contributed by atoms with Gasteiger partial charge in [0.2, 0.25) is 8.32 Å². The van der Waals surface area contributed by atoms with Crippen molar-refractivity contribution in [1.82, 2.24) is 0 Å². The molecule has 0 aromatic rings. The molecular formula is C12H26O2Si. The number of carbonyl (C=O) groups is 1. The van der Waals surface area contributed by atoms with Crippen LogP contribution in [-0.2, 0) is 9.22 Å². The van der Waals surface area contributed by atoms with Crippen LogP contribution in [0, 0.1) is 5.92 Å². The quantitative estimate of drug-likeness (QED) is 0.619. The van der Waals surface area contributed by atoms with Gasteiger partial charge in [0.15, 0.2) is 0 Å². The van der Waals surface area contributed by atoms with Crippen molar-refractivity contribution in [2.75, 3.05) is 0 Å². The largest absolute Gasteiger partial charge is 0.520 e. The van der Waals surface area contributed by atoms with Crippen LogP contribution < -0.4 is 0 Å². The molecule has 0 amide bonds. The van der Waals surface area contributed by atoms with Crippen LogP contribution in [0.1, 0.15) is 46.0 Å². The van der Waals surface area contributed by atoms with Crippen molar-refractivity contribution in [3.8, 4) is 0 Å². The third kappa shape index (κ3) is 7.60. The normalized spacial score (nSPS) is 13.7. The fourth-order valence-corrected chi connectivity index (χ4v) is 2.33. The summed E-state index contributed by atoms with van der Waals surface area (Å²) >= 11 is 0. The summed E-state index contributed by atoms with van der Waals surface area (Å²) in [6.45, 7) is 10.5. The zero-order valence-corrected chi connectivity index (χ0v) is 11.9. The van der Waals surface area contributed by atoms with E-state index in [0.717, 1.165) is 32.1 Å². The van der Waals surface area contributed by atoms with Crippen LogP contribution in [0.3, 0.4) is 0 Å². The first-order valence-corrected chi connectivity index (χ1v) is 9.54. The van der Waals surface area contributed by atoms with Gasteiger partial charge in [-0.05, 0) is 32.5 Å². The molecule has 0 aliphatic rings. The molecule has 0 N–H and O–H groups in total. The molecule has 1 unspecified atom stereocenters. The van der Waals surface area contributed by atoms with E-state index in [1.165, 1.54) is 0 Å². The lowest BCUT2D eigenvalue weighted by Crippen LogP contribution is -2.32. The Morgan fingerprint density at radius 1 is 1.13 bits per heavy atom. The van der Waals surface area contributed by atoms with Gasteiger partial charge in [0.1, 0.15) is 0 Å². The van der Waals surface area contributed by atoms with Crippen LogP contribution in [0.4, 0.5) is 0 Å². The first-order chi connectivity index (χ1) is 6.90. The average Bonchev–Trinajstić information content (AvgIpc) is 2.09. The van der Waals surface area contributed by atoms with Gasteiger partial charge in [-0.1, -0.05) is 33.1 Å². The molecule has 1 atom stereocenters. The highest BCUT2D eigenvalue weighted by atomic mass is 28.4. The lowest BCUT2D eigenvalue weighted by atomic mass is 9.97. The van der Waals surface area contributed by atoms with E-state index in [4.69, 9.17) is 4.43 Å². The second-order valence-electron chi connectivity index (χ2n) is 5.16. The smallest absolute Gasteiger partial charge is 0.295 e. The Labute approximate surface area is 95.5 Å². The van der Waals surface area contributed by atoms with Gasteiger partial charge >= 0.3 is 0 Å². The first-order valence-electron chi connectivity index (χ1n) is 6.13. The van der Waals surface area contributed by atoms with Gasteiger partial charge < -0.3 is 4.43 Å². The second-order valence-corrected chi connectivity index (χ2v) is 9.59. The molecule has 2 nitrogen and oxygen atoms in total. The molecule has 90 valence electrons. The van der Waals surface area contributed by atoms with E-state index >= 15 is 0 Å². The lowest BCUT2D eigenvalue weighted by molar-refractivity contribution is -0.140. The number of rotatable bonds is 7. The molecule has 0 radical (unpaired) electrons. The van der Waals surface area contributed by atoms with Crippen LogP contribution in [0.15, 0.2) is 0 Å². The van der Waals surface area contributed by atoms with E-state index in [-0.39, 0.29) is 11.9 Å². The van der Waals surface area contributed by atoms with Crippen molar-refractivity contribution in [2.24, 2.45) is 5.92 Å². The average molecular weight is 230 g/mol. The summed E-state index contributed by atoms with van der Waals surface area (Å²) in [5.41, 5.74) is 0. The highest BCUT2D eigenvalue weighted by molar-refractivity contribution is 6.71. The SMILES string of the molecule is CCCCC(CCC)C(=O)O[Si](C)(C)C. The van der Waals surface area contributed by atoms with Crippen LogP contribution in [0.2, 0.25) is 19.6 Å². The standard InChI is InChI=1S/C12H26O2Si/c1-6-8-10-11(9-7-2)12(13)14-15(3,4)5/h11H,6-10H2,1-5H3. The molecule has 0 heterocycles. The number of hydrogen-bond acceptors (Lipinski definition) is 2. The molecule has 3 heteroatoms. The Hall–Kier alpha value is -0.313. The third-order valence-corrected chi connectivity index (χ3v) is 3.10. The topological polar surface area (TPSA) is 26.3 Å². The van der Waals surface area contributed by atoms with Gasteiger partial charge in [-0.15, -0.1) is 0 Å². The van der Waals surface area contributed by atoms with Crippen molar-refractivity contribution in [1.29, 1.82) is 0 Å². The van der Waals surface area contributed by atoms with Gasteiger partial charge in [0, 0.05) is 0 Å². The van der Waals surface area contributed by atoms with Crippen molar-refractivity contribution >= 4 is 14.3 Å². The predicted octanol–water partition coefficient (Wildman–Crippen LogP) is 3.97. The minimum Gasteiger partial charge on any atom is -0.520 e. The van der Waals surface area contributed by atoms with Crippen molar-refractivity contribution in [2.45, 2.75) is 65.6 Å². The fraction of sp³-hybridized carbons (Fsp3) is 0.917. The molecular weight excluding hydrogens is 204 g/mol. The molecule has 0 aromatic carbocycles. The monoisotopic (exact) mass is 230 g/mol. The molecule has 0 rings (SSSR count). The Morgan fingerprint density at radius 3 is 2.13 bits per heavy atom. The molecule has 0 aromatic heterocycles. The molecule has 15 heavy (non-hydrogen) atoms. The summed E-state index contributed by atoms with van der Waals surface area (Å²) in [5, 5.41) is 0. The Kier molecular flexibility index (Phi) is 6.90. The zero-order chi connectivity index (χ0) is 11.9. The van der Waals surface area contributed by atoms with Crippen molar-refractivity contribution in [3.05, 3.63) is 0 Å². The predicted molar refractivity (Wildman–Crippen MR) is 67.4 cm³/mol. The highest BCUT2D eigenvalue weighted by Gasteiger charge is 2.25. The Balaban J connectivity index is 4.15. The Morgan fingerprint density at radius 2 is 1.73 bits per heavy atom. The molecule has 0 saturated heterocycles. The molecule has 0 saturated carbocycles. The minimum absolute atomic E-state index is 0.0458. The van der Waals surface area contributed by atoms with Crippen LogP contribution in [0.25, 0.3) is 0 Å². The second kappa shape index (κ2) is 7.04. The minimum atomic E-state index is -1.70. The maximum Gasteiger partial charge on any atom is 0.295 e. The van der Waals surface area contributed by atoms with Crippen LogP contribution in [-0.4, -0.2) is 14.3 Å². The third-order valence-electron chi connectivity index (χ3n) is 2.28. The van der Waals surface area contributed by atoms with Gasteiger partial charge in [-0.25, -0.2) is 0 Å². The lowest BCUT2D eigenvalue weighted by Gasteiger charge is -2.22. The molecule has 0 spiro atoms. The van der Waals surface area contributed by atoms with E-state index in [1.54, 1.807) is 0 Å². The van der Waals surface area contributed by atoms with Gasteiger partial charge in [-0.3, -0.25) is 4.79 Å². The van der Waals surface area contributed by atoms with E-state index in [2.05, 4.69) is 33.5 Å². The van der Waals surface area contributed by atoms with E-state index < -0.39 is 8.32 Å². The Bertz CT molecular complexity index is 185. The number of hydrogen-bond donors (Lipinski definition) is 0. The first kappa shape index (κ1) is 14.7. The highest BCUT2D eigenvalue weighted by Crippen LogP contribution is 2.18. The molecule has 0 fully saturated rings. The summed E-state index contributed by atoms with van der Waals surface area (Å²) in [6.07, 6.45) is 5.32. The van der Waals surface area contributed by atoms with E-state index in [9.17, 15) is 4.79 Å². The number of carbonyl (C=O) groups excluding carboxylic acids is 1. The summed E-state index contributed by atoms with van der Waals surface area (Å²) in [5.74, 6) is 0.186. The summed E-state index contributed by atoms with van der Waals surface area (Å²) in [6, 6.07) is 0. The zero-order valence-electron chi connectivity index (χ0n) is 10.9. The summed E-state index contributed by atoms with van der Waals surface area (Å²) in [4.78, 5) is 11.9. The van der Waals surface area contributed by atoms with Crippen LogP contribution in [0.5, 0.6) is 0 Å². The van der Waals surface area contributed by atoms with Crippen LogP contribution >= 0.6 is 0 Å². The maximum absolute atomic E-state index is 11.9. The van der Waals surface area contributed by atoms with Gasteiger partial charge in [-0.2, -0.15) is 0 Å². The van der Waals surface area contributed by atoms with Gasteiger partial charge in [0.05, 0.1) is 5.92 Å². The molecule has 0 aliphatic heterocycles.